The van der Waals surface area contributed by atoms with Crippen molar-refractivity contribution >= 4 is 22.8 Å². The number of hydrogen-bond donors (Lipinski definition) is 0. The minimum absolute atomic E-state index is 0.129. The lowest BCUT2D eigenvalue weighted by atomic mass is 10.2. The fourth-order valence-corrected chi connectivity index (χ4v) is 2.96. The lowest BCUT2D eigenvalue weighted by Gasteiger charge is -2.10. The summed E-state index contributed by atoms with van der Waals surface area (Å²) in [6.07, 6.45) is -4.82. The van der Waals surface area contributed by atoms with Crippen molar-refractivity contribution in [2.45, 2.75) is 20.2 Å². The van der Waals surface area contributed by atoms with Gasteiger partial charge < -0.3 is 14.2 Å². The summed E-state index contributed by atoms with van der Waals surface area (Å²) in [5.41, 5.74) is 0.953. The Hall–Kier alpha value is -3.49. The molecule has 0 fully saturated rings. The highest BCUT2D eigenvalue weighted by Gasteiger charge is 2.31. The van der Waals surface area contributed by atoms with Crippen molar-refractivity contribution in [2.24, 2.45) is 0 Å². The van der Waals surface area contributed by atoms with Gasteiger partial charge in [-0.1, -0.05) is 0 Å². The third-order valence-corrected chi connectivity index (χ3v) is 4.14. The summed E-state index contributed by atoms with van der Waals surface area (Å²) in [5.74, 6) is -0.792. The number of carbonyl (C=O) groups is 2. The minimum atomic E-state index is -4.82. The fraction of sp³-hybridized carbons (Fsp3) is 0.200. The van der Waals surface area contributed by atoms with E-state index in [2.05, 4.69) is 4.74 Å². The first-order valence-corrected chi connectivity index (χ1v) is 8.38. The van der Waals surface area contributed by atoms with Gasteiger partial charge in [0, 0.05) is 17.9 Å². The molecule has 0 atom stereocenters. The van der Waals surface area contributed by atoms with Gasteiger partial charge in [-0.3, -0.25) is 14.2 Å². The van der Waals surface area contributed by atoms with E-state index >= 15 is 0 Å². The molecule has 1 heterocycles. The zero-order valence-electron chi connectivity index (χ0n) is 15.7. The lowest BCUT2D eigenvalue weighted by Crippen LogP contribution is -2.17. The number of fused-ring (bicyclic) bond motifs is 1. The number of alkyl halides is 3. The van der Waals surface area contributed by atoms with Crippen LogP contribution in [0.2, 0.25) is 0 Å². The highest BCUT2D eigenvalue weighted by molar-refractivity contribution is 6.05. The standard InChI is InChI=1S/C20H16F3NO5/c1-11-18(28-12(2)25)16-10-15(27-3)8-9-17(16)24(11)19(26)13-4-6-14(7-5-13)29-20(21,22)23/h4-10H,1-3H3. The Bertz CT molecular complexity index is 1080. The molecule has 3 rings (SSSR count). The van der Waals surface area contributed by atoms with E-state index in [1.54, 1.807) is 25.1 Å². The molecule has 3 aromatic rings. The number of methoxy groups -OCH3 is 1. The van der Waals surface area contributed by atoms with Crippen LogP contribution in [0.25, 0.3) is 10.9 Å². The van der Waals surface area contributed by atoms with Crippen LogP contribution in [0, 0.1) is 6.92 Å². The summed E-state index contributed by atoms with van der Waals surface area (Å²) in [5, 5.41) is 0.488. The number of hydrogen-bond acceptors (Lipinski definition) is 5. The largest absolute Gasteiger partial charge is 0.573 e. The Labute approximate surface area is 163 Å². The molecule has 0 aliphatic carbocycles. The number of esters is 1. The molecule has 9 heteroatoms. The number of ether oxygens (including phenoxy) is 3. The number of benzene rings is 2. The van der Waals surface area contributed by atoms with Gasteiger partial charge in [-0.25, -0.2) is 0 Å². The van der Waals surface area contributed by atoms with Crippen molar-refractivity contribution in [3.8, 4) is 17.2 Å². The van der Waals surface area contributed by atoms with Crippen molar-refractivity contribution < 1.29 is 37.0 Å². The zero-order chi connectivity index (χ0) is 21.3. The van der Waals surface area contributed by atoms with Gasteiger partial charge in [-0.15, -0.1) is 13.2 Å². The van der Waals surface area contributed by atoms with E-state index < -0.39 is 24.0 Å². The number of aromatic nitrogens is 1. The SMILES string of the molecule is COc1ccc2c(c1)c(OC(C)=O)c(C)n2C(=O)c1ccc(OC(F)(F)F)cc1. The maximum Gasteiger partial charge on any atom is 0.573 e. The second-order valence-corrected chi connectivity index (χ2v) is 6.10. The molecule has 0 aliphatic heterocycles. The maximum absolute atomic E-state index is 13.1. The van der Waals surface area contributed by atoms with E-state index in [9.17, 15) is 22.8 Å². The lowest BCUT2D eigenvalue weighted by molar-refractivity contribution is -0.274. The van der Waals surface area contributed by atoms with Crippen molar-refractivity contribution in [3.05, 3.63) is 53.7 Å². The predicted octanol–water partition coefficient (Wildman–Crippen LogP) is 4.47. The second-order valence-electron chi connectivity index (χ2n) is 6.10. The summed E-state index contributed by atoms with van der Waals surface area (Å²) < 4.78 is 52.6. The molecule has 152 valence electrons. The highest BCUT2D eigenvalue weighted by Crippen LogP contribution is 2.36. The Morgan fingerprint density at radius 3 is 2.17 bits per heavy atom. The summed E-state index contributed by atoms with van der Waals surface area (Å²) in [6, 6.07) is 9.46. The Balaban J connectivity index is 2.08. The van der Waals surface area contributed by atoms with E-state index in [1.807, 2.05) is 0 Å². The second kappa shape index (κ2) is 7.50. The van der Waals surface area contributed by atoms with Gasteiger partial charge in [0.05, 0.1) is 18.3 Å². The van der Waals surface area contributed by atoms with Gasteiger partial charge in [0.25, 0.3) is 5.91 Å². The van der Waals surface area contributed by atoms with Crippen LogP contribution in [0.1, 0.15) is 23.0 Å². The zero-order valence-corrected chi connectivity index (χ0v) is 15.7. The molecule has 0 aliphatic rings. The van der Waals surface area contributed by atoms with Crippen LogP contribution in [0.5, 0.6) is 17.2 Å². The number of nitrogens with zero attached hydrogens (tertiary/aromatic N) is 1. The minimum Gasteiger partial charge on any atom is -0.497 e. The normalized spacial score (nSPS) is 11.4. The summed E-state index contributed by atoms with van der Waals surface area (Å²) in [4.78, 5) is 24.6. The van der Waals surface area contributed by atoms with E-state index in [1.165, 1.54) is 30.7 Å². The maximum atomic E-state index is 13.1. The van der Waals surface area contributed by atoms with Crippen LogP contribution in [0.4, 0.5) is 13.2 Å². The third-order valence-electron chi connectivity index (χ3n) is 4.14. The first-order valence-electron chi connectivity index (χ1n) is 8.38. The molecular weight excluding hydrogens is 391 g/mol. The van der Waals surface area contributed by atoms with Crippen LogP contribution in [0.3, 0.4) is 0 Å². The van der Waals surface area contributed by atoms with Crippen molar-refractivity contribution in [1.82, 2.24) is 4.57 Å². The highest BCUT2D eigenvalue weighted by atomic mass is 19.4. The molecule has 0 radical (unpaired) electrons. The van der Waals surface area contributed by atoms with Crippen LogP contribution < -0.4 is 14.2 Å². The van der Waals surface area contributed by atoms with Crippen molar-refractivity contribution in [1.29, 1.82) is 0 Å². The molecule has 0 saturated carbocycles. The molecule has 6 nitrogen and oxygen atoms in total. The van der Waals surface area contributed by atoms with Gasteiger partial charge in [0.1, 0.15) is 11.5 Å². The molecule has 0 spiro atoms. The Kier molecular flexibility index (Phi) is 5.23. The molecule has 0 N–H and O–H groups in total. The summed E-state index contributed by atoms with van der Waals surface area (Å²) in [6.45, 7) is 2.84. The molecule has 29 heavy (non-hydrogen) atoms. The van der Waals surface area contributed by atoms with Crippen LogP contribution in [-0.2, 0) is 4.79 Å². The Morgan fingerprint density at radius 2 is 1.62 bits per heavy atom. The molecule has 2 aromatic carbocycles. The van der Waals surface area contributed by atoms with Crippen molar-refractivity contribution in [3.63, 3.8) is 0 Å². The van der Waals surface area contributed by atoms with Gasteiger partial charge in [-0.05, 0) is 49.4 Å². The molecule has 0 bridgehead atoms. The molecule has 0 amide bonds. The average Bonchev–Trinajstić information content (AvgIpc) is 2.91. The number of carbonyl (C=O) groups excluding carboxylic acids is 2. The first-order chi connectivity index (χ1) is 13.6. The average molecular weight is 407 g/mol. The summed E-state index contributed by atoms with van der Waals surface area (Å²) >= 11 is 0. The molecule has 0 unspecified atom stereocenters. The van der Waals surface area contributed by atoms with Gasteiger partial charge in [0.2, 0.25) is 0 Å². The van der Waals surface area contributed by atoms with Crippen LogP contribution >= 0.6 is 0 Å². The molecule has 1 aromatic heterocycles. The van der Waals surface area contributed by atoms with Crippen LogP contribution in [-0.4, -0.2) is 29.9 Å². The monoisotopic (exact) mass is 407 g/mol. The van der Waals surface area contributed by atoms with Gasteiger partial charge in [-0.2, -0.15) is 0 Å². The number of rotatable bonds is 4. The number of halogens is 3. The van der Waals surface area contributed by atoms with E-state index in [4.69, 9.17) is 9.47 Å². The molecular formula is C20H16F3NO5. The first kappa shape index (κ1) is 20.2. The Morgan fingerprint density at radius 1 is 1.00 bits per heavy atom. The molecule has 0 saturated heterocycles. The van der Waals surface area contributed by atoms with E-state index in [0.29, 0.717) is 22.3 Å². The van der Waals surface area contributed by atoms with Gasteiger partial charge in [0.15, 0.2) is 5.75 Å². The predicted molar refractivity (Wildman–Crippen MR) is 97.4 cm³/mol. The fourth-order valence-electron chi connectivity index (χ4n) is 2.96. The smallest absolute Gasteiger partial charge is 0.497 e. The van der Waals surface area contributed by atoms with Crippen LogP contribution in [0.15, 0.2) is 42.5 Å². The topological polar surface area (TPSA) is 66.8 Å². The van der Waals surface area contributed by atoms with E-state index in [0.717, 1.165) is 12.1 Å². The van der Waals surface area contributed by atoms with E-state index in [-0.39, 0.29) is 11.3 Å². The van der Waals surface area contributed by atoms with Crippen molar-refractivity contribution in [2.75, 3.05) is 7.11 Å². The van der Waals surface area contributed by atoms with Gasteiger partial charge >= 0.3 is 12.3 Å². The quantitative estimate of drug-likeness (QED) is 0.597. The third kappa shape index (κ3) is 4.18. The summed E-state index contributed by atoms with van der Waals surface area (Å²) in [7, 11) is 1.48.